The highest BCUT2D eigenvalue weighted by molar-refractivity contribution is 7.98. The number of quaternary nitrogens is 1. The van der Waals surface area contributed by atoms with E-state index in [9.17, 15) is 4.79 Å². The molecule has 0 unspecified atom stereocenters. The summed E-state index contributed by atoms with van der Waals surface area (Å²) >= 11 is 1.20. The monoisotopic (exact) mass is 620 g/mol. The quantitative estimate of drug-likeness (QED) is 0.190. The zero-order chi connectivity index (χ0) is 30.6. The predicted molar refractivity (Wildman–Crippen MR) is 162 cm³/mol. The van der Waals surface area contributed by atoms with Gasteiger partial charge in [0, 0.05) is 6.20 Å². The first-order chi connectivity index (χ1) is 21.2. The van der Waals surface area contributed by atoms with Crippen molar-refractivity contribution in [3.63, 3.8) is 0 Å². The summed E-state index contributed by atoms with van der Waals surface area (Å²) in [7, 11) is 5.91. The number of hydrogen-bond acceptors (Lipinski definition) is 11. The molecule has 14 heteroatoms. The number of para-hydroxylation sites is 1. The number of pyridine rings is 1. The number of hydrogen-bond donors (Lipinski definition) is 0. The fourth-order valence-electron chi connectivity index (χ4n) is 5.63. The van der Waals surface area contributed by atoms with E-state index in [0.29, 0.717) is 59.7 Å². The fourth-order valence-corrected chi connectivity index (χ4v) is 6.23. The summed E-state index contributed by atoms with van der Waals surface area (Å²) < 4.78 is 41.8. The summed E-state index contributed by atoms with van der Waals surface area (Å²) in [6, 6.07) is 8.57. The third-order valence-electron chi connectivity index (χ3n) is 8.17. The summed E-state index contributed by atoms with van der Waals surface area (Å²) in [5, 5.41) is 16.9. The van der Waals surface area contributed by atoms with Crippen LogP contribution in [0.2, 0.25) is 0 Å². The van der Waals surface area contributed by atoms with Gasteiger partial charge in [0.15, 0.2) is 11.6 Å². The van der Waals surface area contributed by atoms with Gasteiger partial charge in [-0.1, -0.05) is 23.9 Å². The maximum atomic E-state index is 15.8. The van der Waals surface area contributed by atoms with Crippen molar-refractivity contribution >= 4 is 28.4 Å². The third-order valence-corrected chi connectivity index (χ3v) is 8.97. The Morgan fingerprint density at radius 2 is 1.82 bits per heavy atom. The van der Waals surface area contributed by atoms with Gasteiger partial charge in [-0.2, -0.15) is 0 Å². The normalized spacial score (nSPS) is 17.6. The van der Waals surface area contributed by atoms with E-state index in [-0.39, 0.29) is 33.9 Å². The van der Waals surface area contributed by atoms with Crippen molar-refractivity contribution in [2.24, 2.45) is 0 Å². The van der Waals surface area contributed by atoms with Crippen molar-refractivity contribution in [1.82, 2.24) is 25.0 Å². The van der Waals surface area contributed by atoms with Crippen molar-refractivity contribution in [3.8, 4) is 34.4 Å². The van der Waals surface area contributed by atoms with Crippen LogP contribution >= 0.6 is 11.8 Å². The van der Waals surface area contributed by atoms with Crippen molar-refractivity contribution in [2.75, 3.05) is 58.9 Å². The molecule has 7 rings (SSSR count). The molecule has 0 spiro atoms. The molecular weight excluding hydrogens is 589 g/mol. The number of methoxy groups -OCH3 is 1. The Balaban J connectivity index is 1.17. The minimum Gasteiger partial charge on any atom is -0.496 e. The maximum absolute atomic E-state index is 15.8. The first kappa shape index (κ1) is 28.3. The highest BCUT2D eigenvalue weighted by Gasteiger charge is 2.33. The standard InChI is InChI=1S/C30H31FN7O5S/c1-17-15-41-27-24-19(13-21(31)25(27)36-9-11-38(2,3)12-10-36)26(39)20(14-37(17)24)29-34-35-30(43-29)44-16-23-32-33-28(42-23)18-7-5-6-8-22(18)40-4/h5-8,13-14,17H,9-12,15-16H2,1-4H3/q+1/t17-/m0/s1. The Bertz CT molecular complexity index is 1930. The van der Waals surface area contributed by atoms with Gasteiger partial charge < -0.3 is 32.3 Å². The van der Waals surface area contributed by atoms with Gasteiger partial charge in [0.1, 0.15) is 23.6 Å². The van der Waals surface area contributed by atoms with Gasteiger partial charge >= 0.3 is 0 Å². The number of thioether (sulfide) groups is 1. The largest absolute Gasteiger partial charge is 0.496 e. The number of rotatable bonds is 7. The van der Waals surface area contributed by atoms with Crippen LogP contribution < -0.4 is 19.8 Å². The van der Waals surface area contributed by atoms with Gasteiger partial charge in [-0.05, 0) is 25.1 Å². The number of nitrogens with zero attached hydrogens (tertiary/aromatic N) is 7. The van der Waals surface area contributed by atoms with Crippen molar-refractivity contribution in [2.45, 2.75) is 23.9 Å². The molecule has 1 atom stereocenters. The molecule has 0 saturated carbocycles. The molecule has 5 aromatic rings. The zero-order valence-electron chi connectivity index (χ0n) is 24.7. The molecule has 1 saturated heterocycles. The van der Waals surface area contributed by atoms with Crippen LogP contribution in [-0.2, 0) is 5.75 Å². The first-order valence-electron chi connectivity index (χ1n) is 14.3. The lowest BCUT2D eigenvalue weighted by atomic mass is 10.1. The van der Waals surface area contributed by atoms with Gasteiger partial charge in [-0.3, -0.25) is 4.79 Å². The molecule has 44 heavy (non-hydrogen) atoms. The molecule has 12 nitrogen and oxygen atoms in total. The third kappa shape index (κ3) is 4.97. The van der Waals surface area contributed by atoms with Crippen LogP contribution in [0.3, 0.4) is 0 Å². The molecule has 0 radical (unpaired) electrons. The van der Waals surface area contributed by atoms with Crippen LogP contribution in [0.1, 0.15) is 18.9 Å². The molecule has 228 valence electrons. The van der Waals surface area contributed by atoms with Crippen LogP contribution in [0.25, 0.3) is 33.8 Å². The molecule has 0 aliphatic carbocycles. The fraction of sp³-hybridized carbons (Fsp3) is 0.367. The number of piperazine rings is 1. The topological polar surface area (TPSA) is 122 Å². The molecular formula is C30H31FN7O5S+. The van der Waals surface area contributed by atoms with Gasteiger partial charge in [0.2, 0.25) is 11.3 Å². The SMILES string of the molecule is COc1ccccc1-c1nnc(CSc2nnc(-c3cn4c5c(c(N6CC[N+](C)(C)CC6)c(F)cc5c3=O)OC[C@@H]4C)o2)o1. The van der Waals surface area contributed by atoms with E-state index in [4.69, 9.17) is 18.3 Å². The predicted octanol–water partition coefficient (Wildman–Crippen LogP) is 4.39. The molecule has 2 aromatic carbocycles. The zero-order valence-corrected chi connectivity index (χ0v) is 25.6. The van der Waals surface area contributed by atoms with E-state index in [1.807, 2.05) is 40.7 Å². The lowest BCUT2D eigenvalue weighted by Crippen LogP contribution is -2.55. The van der Waals surface area contributed by atoms with E-state index in [1.54, 1.807) is 13.3 Å². The summed E-state index contributed by atoms with van der Waals surface area (Å²) in [6.07, 6.45) is 1.71. The second kappa shape index (κ2) is 10.9. The van der Waals surface area contributed by atoms with E-state index in [2.05, 4.69) is 34.5 Å². The Labute approximate surface area is 256 Å². The lowest BCUT2D eigenvalue weighted by molar-refractivity contribution is -0.890. The number of anilines is 1. The van der Waals surface area contributed by atoms with Crippen LogP contribution in [-0.4, -0.2) is 83.4 Å². The number of aromatic nitrogens is 5. The van der Waals surface area contributed by atoms with Crippen LogP contribution in [0.4, 0.5) is 10.1 Å². The summed E-state index contributed by atoms with van der Waals surface area (Å²) in [6.45, 7) is 5.47. The van der Waals surface area contributed by atoms with E-state index < -0.39 is 11.2 Å². The Morgan fingerprint density at radius 3 is 2.61 bits per heavy atom. The van der Waals surface area contributed by atoms with Gasteiger partial charge in [-0.15, -0.1) is 20.4 Å². The number of ether oxygens (including phenoxy) is 2. The number of halogens is 1. The van der Waals surface area contributed by atoms with E-state index >= 15 is 4.39 Å². The van der Waals surface area contributed by atoms with Gasteiger partial charge in [0.25, 0.3) is 17.0 Å². The number of benzene rings is 2. The highest BCUT2D eigenvalue weighted by atomic mass is 32.2. The number of likely N-dealkylation sites (N-methyl/N-ethyl adjacent to an activating group) is 1. The second-order valence-electron chi connectivity index (χ2n) is 11.6. The molecule has 2 aliphatic rings. The Hall–Kier alpha value is -4.43. The van der Waals surface area contributed by atoms with Crippen LogP contribution in [0, 0.1) is 5.82 Å². The van der Waals surface area contributed by atoms with Gasteiger partial charge in [0.05, 0.1) is 75.6 Å². The van der Waals surface area contributed by atoms with Crippen LogP contribution in [0.15, 0.2) is 55.4 Å². The smallest absolute Gasteiger partial charge is 0.277 e. The summed E-state index contributed by atoms with van der Waals surface area (Å²) in [4.78, 5) is 15.8. The molecule has 0 N–H and O–H groups in total. The molecule has 1 fully saturated rings. The Kier molecular flexibility index (Phi) is 7.04. The maximum Gasteiger partial charge on any atom is 0.277 e. The minimum atomic E-state index is -0.483. The van der Waals surface area contributed by atoms with E-state index in [0.717, 1.165) is 17.6 Å². The first-order valence-corrected chi connectivity index (χ1v) is 15.2. The summed E-state index contributed by atoms with van der Waals surface area (Å²) in [5.74, 6) is 1.55. The summed E-state index contributed by atoms with van der Waals surface area (Å²) in [5.41, 5.74) is 1.46. The highest BCUT2D eigenvalue weighted by Crippen LogP contribution is 2.43. The lowest BCUT2D eigenvalue weighted by Gasteiger charge is -2.41. The van der Waals surface area contributed by atoms with Crippen molar-refractivity contribution < 1.29 is 27.2 Å². The molecule has 0 amide bonds. The van der Waals surface area contributed by atoms with Crippen molar-refractivity contribution in [3.05, 3.63) is 58.5 Å². The Morgan fingerprint density at radius 1 is 1.07 bits per heavy atom. The molecule has 2 aliphatic heterocycles. The molecule has 0 bridgehead atoms. The minimum absolute atomic E-state index is 0.0455. The molecule has 3 aromatic heterocycles. The van der Waals surface area contributed by atoms with Crippen molar-refractivity contribution in [1.29, 1.82) is 0 Å². The molecule has 5 heterocycles. The second-order valence-corrected chi connectivity index (χ2v) is 12.5. The average molecular weight is 621 g/mol. The van der Waals surface area contributed by atoms with Crippen LogP contribution in [0.5, 0.6) is 11.5 Å². The van der Waals surface area contributed by atoms with Gasteiger partial charge in [-0.25, -0.2) is 4.39 Å². The average Bonchev–Trinajstić information content (AvgIpc) is 3.69. The van der Waals surface area contributed by atoms with E-state index in [1.165, 1.54) is 17.8 Å².